The topological polar surface area (TPSA) is 60.7 Å². The van der Waals surface area contributed by atoms with E-state index < -0.39 is 5.97 Å². The van der Waals surface area contributed by atoms with Gasteiger partial charge in [0.1, 0.15) is 6.61 Å². The molecule has 1 N–H and O–H groups in total. The van der Waals surface area contributed by atoms with Crippen LogP contribution in [0.4, 0.5) is 0 Å². The Bertz CT molecular complexity index is 618. The summed E-state index contributed by atoms with van der Waals surface area (Å²) in [5.41, 5.74) is 1.05. The molecule has 1 heterocycles. The van der Waals surface area contributed by atoms with E-state index >= 15 is 0 Å². The lowest BCUT2D eigenvalue weighted by Gasteiger charge is -2.12. The van der Waals surface area contributed by atoms with E-state index in [9.17, 15) is 4.79 Å². The molecule has 0 atom stereocenters. The van der Waals surface area contributed by atoms with Gasteiger partial charge in [-0.05, 0) is 32.0 Å². The van der Waals surface area contributed by atoms with Crippen molar-refractivity contribution in [2.24, 2.45) is 0 Å². The van der Waals surface area contributed by atoms with Crippen molar-refractivity contribution in [3.05, 3.63) is 47.8 Å². The van der Waals surface area contributed by atoms with Crippen molar-refractivity contribution in [2.45, 2.75) is 20.4 Å². The van der Waals surface area contributed by atoms with Crippen LogP contribution in [0.25, 0.3) is 0 Å². The van der Waals surface area contributed by atoms with Crippen molar-refractivity contribution in [1.82, 2.24) is 4.57 Å². The van der Waals surface area contributed by atoms with Gasteiger partial charge in [0.25, 0.3) is 0 Å². The van der Waals surface area contributed by atoms with E-state index in [1.165, 1.54) is 0 Å². The summed E-state index contributed by atoms with van der Waals surface area (Å²) in [5, 5.41) is 9.02. The van der Waals surface area contributed by atoms with Gasteiger partial charge >= 0.3 is 5.97 Å². The average Bonchev–Trinajstić information content (AvgIpc) is 2.83. The molecule has 5 nitrogen and oxygen atoms in total. The highest BCUT2D eigenvalue weighted by Crippen LogP contribution is 2.26. The molecule has 1 aromatic carbocycles. The first kappa shape index (κ1) is 15.0. The summed E-state index contributed by atoms with van der Waals surface area (Å²) in [4.78, 5) is 11.0. The van der Waals surface area contributed by atoms with Crippen LogP contribution in [0.1, 0.15) is 23.0 Å². The van der Waals surface area contributed by atoms with Crippen molar-refractivity contribution >= 4 is 5.97 Å². The lowest BCUT2D eigenvalue weighted by Crippen LogP contribution is -2.10. The molecule has 0 unspecified atom stereocenters. The third-order valence-electron chi connectivity index (χ3n) is 3.21. The second-order valence-corrected chi connectivity index (χ2v) is 4.54. The molecule has 0 fully saturated rings. The van der Waals surface area contributed by atoms with Crippen LogP contribution in [0.2, 0.25) is 0 Å². The molecule has 0 spiro atoms. The molecule has 1 aromatic heterocycles. The van der Waals surface area contributed by atoms with Crippen LogP contribution >= 0.6 is 0 Å². The van der Waals surface area contributed by atoms with Gasteiger partial charge in [0.2, 0.25) is 0 Å². The Kier molecular flexibility index (Phi) is 4.87. The highest BCUT2D eigenvalue weighted by Gasteiger charge is 2.11. The summed E-state index contributed by atoms with van der Waals surface area (Å²) in [5.74, 6) is 0.506. The fourth-order valence-corrected chi connectivity index (χ4v) is 2.12. The Hall–Kier alpha value is -2.43. The van der Waals surface area contributed by atoms with Gasteiger partial charge in [-0.15, -0.1) is 0 Å². The zero-order valence-electron chi connectivity index (χ0n) is 12.2. The standard InChI is InChI=1S/C16H19NO4/c1-3-20-14-6-4-5-7-15(14)21-11-10-17-9-8-13(12(17)2)16(18)19/h4-9H,3,10-11H2,1-2H3,(H,18,19). The summed E-state index contributed by atoms with van der Waals surface area (Å²) in [6, 6.07) is 9.11. The number of aromatic carboxylic acids is 1. The van der Waals surface area contributed by atoms with Crippen molar-refractivity contribution in [2.75, 3.05) is 13.2 Å². The molecule has 2 aromatic rings. The minimum Gasteiger partial charge on any atom is -0.490 e. The number of benzene rings is 1. The second kappa shape index (κ2) is 6.83. The Morgan fingerprint density at radius 1 is 1.19 bits per heavy atom. The zero-order chi connectivity index (χ0) is 15.2. The lowest BCUT2D eigenvalue weighted by atomic mass is 10.2. The van der Waals surface area contributed by atoms with Gasteiger partial charge in [0.15, 0.2) is 11.5 Å². The summed E-state index contributed by atoms with van der Waals surface area (Å²) >= 11 is 0. The van der Waals surface area contributed by atoms with Crippen molar-refractivity contribution in [3.8, 4) is 11.5 Å². The largest absolute Gasteiger partial charge is 0.490 e. The number of carboxylic acids is 1. The zero-order valence-corrected chi connectivity index (χ0v) is 12.2. The van der Waals surface area contributed by atoms with Crippen molar-refractivity contribution in [1.29, 1.82) is 0 Å². The van der Waals surface area contributed by atoms with Crippen LogP contribution in [0.15, 0.2) is 36.5 Å². The fraction of sp³-hybridized carbons (Fsp3) is 0.312. The number of para-hydroxylation sites is 2. The highest BCUT2D eigenvalue weighted by atomic mass is 16.5. The van der Waals surface area contributed by atoms with Crippen LogP contribution in [-0.2, 0) is 6.54 Å². The molecule has 112 valence electrons. The van der Waals surface area contributed by atoms with E-state index in [4.69, 9.17) is 14.6 Å². The minimum atomic E-state index is -0.908. The van der Waals surface area contributed by atoms with E-state index in [1.807, 2.05) is 35.8 Å². The van der Waals surface area contributed by atoms with Gasteiger partial charge < -0.3 is 19.1 Å². The quantitative estimate of drug-likeness (QED) is 0.851. The molecule has 2 rings (SSSR count). The first-order chi connectivity index (χ1) is 10.1. The highest BCUT2D eigenvalue weighted by molar-refractivity contribution is 5.88. The van der Waals surface area contributed by atoms with Crippen LogP contribution in [0.5, 0.6) is 11.5 Å². The number of carbonyl (C=O) groups is 1. The molecule has 21 heavy (non-hydrogen) atoms. The van der Waals surface area contributed by atoms with Gasteiger partial charge in [0, 0.05) is 11.9 Å². The van der Waals surface area contributed by atoms with Gasteiger partial charge in [-0.1, -0.05) is 12.1 Å². The molecule has 0 saturated carbocycles. The van der Waals surface area contributed by atoms with E-state index in [1.54, 1.807) is 19.2 Å². The summed E-state index contributed by atoms with van der Waals surface area (Å²) in [6.45, 7) is 5.32. The molecule has 0 aliphatic rings. The maximum Gasteiger partial charge on any atom is 0.337 e. The smallest absolute Gasteiger partial charge is 0.337 e. The number of rotatable bonds is 7. The number of hydrogen-bond donors (Lipinski definition) is 1. The minimum absolute atomic E-state index is 0.324. The molecule has 5 heteroatoms. The number of carboxylic acid groups (broad SMARTS) is 1. The molecule has 0 aliphatic carbocycles. The van der Waals surface area contributed by atoms with Crippen LogP contribution in [0.3, 0.4) is 0 Å². The molecular weight excluding hydrogens is 270 g/mol. The van der Waals surface area contributed by atoms with Gasteiger partial charge in [-0.25, -0.2) is 4.79 Å². The third kappa shape index (κ3) is 3.56. The molecule has 0 saturated heterocycles. The summed E-state index contributed by atoms with van der Waals surface area (Å²) in [6.07, 6.45) is 1.76. The number of hydrogen-bond acceptors (Lipinski definition) is 3. The lowest BCUT2D eigenvalue weighted by molar-refractivity contribution is 0.0696. The van der Waals surface area contributed by atoms with Gasteiger partial charge in [-0.3, -0.25) is 0 Å². The number of ether oxygens (including phenoxy) is 2. The van der Waals surface area contributed by atoms with Crippen LogP contribution < -0.4 is 9.47 Å². The van der Waals surface area contributed by atoms with E-state index in [0.29, 0.717) is 31.1 Å². The maximum absolute atomic E-state index is 11.0. The van der Waals surface area contributed by atoms with E-state index in [-0.39, 0.29) is 0 Å². The maximum atomic E-state index is 11.0. The van der Waals surface area contributed by atoms with Gasteiger partial charge in [0.05, 0.1) is 18.7 Å². The van der Waals surface area contributed by atoms with Crippen LogP contribution in [-0.4, -0.2) is 28.9 Å². The summed E-state index contributed by atoms with van der Waals surface area (Å²) in [7, 11) is 0. The Morgan fingerprint density at radius 2 is 1.86 bits per heavy atom. The molecule has 0 aliphatic heterocycles. The predicted octanol–water partition coefficient (Wildman–Crippen LogP) is 2.97. The van der Waals surface area contributed by atoms with E-state index in [2.05, 4.69) is 0 Å². The Balaban J connectivity index is 1.97. The number of nitrogens with zero attached hydrogens (tertiary/aromatic N) is 1. The van der Waals surface area contributed by atoms with Crippen molar-refractivity contribution < 1.29 is 19.4 Å². The van der Waals surface area contributed by atoms with Gasteiger partial charge in [-0.2, -0.15) is 0 Å². The van der Waals surface area contributed by atoms with Crippen molar-refractivity contribution in [3.63, 3.8) is 0 Å². The monoisotopic (exact) mass is 289 g/mol. The first-order valence-corrected chi connectivity index (χ1v) is 6.87. The Morgan fingerprint density at radius 3 is 2.43 bits per heavy atom. The first-order valence-electron chi connectivity index (χ1n) is 6.87. The Labute approximate surface area is 123 Å². The SMILES string of the molecule is CCOc1ccccc1OCCn1ccc(C(=O)O)c1C. The molecule has 0 bridgehead atoms. The molecule has 0 amide bonds. The summed E-state index contributed by atoms with van der Waals surface area (Å²) < 4.78 is 13.1. The second-order valence-electron chi connectivity index (χ2n) is 4.54. The van der Waals surface area contributed by atoms with E-state index in [0.717, 1.165) is 11.4 Å². The molecule has 0 radical (unpaired) electrons. The van der Waals surface area contributed by atoms with Crippen LogP contribution in [0, 0.1) is 6.92 Å². The normalized spacial score (nSPS) is 10.4. The fourth-order valence-electron chi connectivity index (χ4n) is 2.12. The number of aromatic nitrogens is 1. The average molecular weight is 289 g/mol. The predicted molar refractivity (Wildman–Crippen MR) is 79.2 cm³/mol. The third-order valence-corrected chi connectivity index (χ3v) is 3.21. The molecular formula is C16H19NO4.